The summed E-state index contributed by atoms with van der Waals surface area (Å²) in [6.07, 6.45) is 1.68. The summed E-state index contributed by atoms with van der Waals surface area (Å²) in [6.45, 7) is 4.66. The molecule has 120 valence electrons. The molecule has 2 aromatic rings. The zero-order valence-electron chi connectivity index (χ0n) is 13.6. The molecule has 1 aliphatic heterocycles. The van der Waals surface area contributed by atoms with Crippen molar-refractivity contribution in [3.63, 3.8) is 0 Å². The van der Waals surface area contributed by atoms with Gasteiger partial charge in [0.15, 0.2) is 0 Å². The lowest BCUT2D eigenvalue weighted by Crippen LogP contribution is -2.31. The maximum Gasteiger partial charge on any atom is 0.318 e. The minimum absolute atomic E-state index is 0.213. The average Bonchev–Trinajstić information content (AvgIpc) is 2.61. The highest BCUT2D eigenvalue weighted by atomic mass is 16.5. The first-order valence-corrected chi connectivity index (χ1v) is 8.20. The van der Waals surface area contributed by atoms with Crippen LogP contribution >= 0.6 is 0 Å². The quantitative estimate of drug-likeness (QED) is 0.622. The third kappa shape index (κ3) is 3.39. The van der Waals surface area contributed by atoms with Gasteiger partial charge in [0.2, 0.25) is 0 Å². The van der Waals surface area contributed by atoms with Crippen LogP contribution in [0.2, 0.25) is 0 Å². The highest BCUT2D eigenvalue weighted by Crippen LogP contribution is 2.31. The molecule has 0 radical (unpaired) electrons. The molecule has 0 saturated carbocycles. The summed E-state index contributed by atoms with van der Waals surface area (Å²) < 4.78 is 11.4. The van der Waals surface area contributed by atoms with E-state index in [1.54, 1.807) is 0 Å². The van der Waals surface area contributed by atoms with Crippen LogP contribution in [0.25, 0.3) is 0 Å². The normalized spacial score (nSPS) is 17.7. The first kappa shape index (κ1) is 15.6. The van der Waals surface area contributed by atoms with Crippen LogP contribution in [0.1, 0.15) is 37.3 Å². The second-order valence-electron chi connectivity index (χ2n) is 6.09. The number of hydrogen-bond donors (Lipinski definition) is 0. The zero-order valence-corrected chi connectivity index (χ0v) is 13.6. The van der Waals surface area contributed by atoms with Crippen molar-refractivity contribution in [1.29, 1.82) is 0 Å². The second kappa shape index (κ2) is 6.86. The van der Waals surface area contributed by atoms with Crippen LogP contribution in [0.4, 0.5) is 0 Å². The Morgan fingerprint density at radius 1 is 1.22 bits per heavy atom. The number of carbonyl (C=O) groups excluding carboxylic acids is 1. The predicted octanol–water partition coefficient (Wildman–Crippen LogP) is 4.36. The Hall–Kier alpha value is -2.29. The van der Waals surface area contributed by atoms with Gasteiger partial charge in [-0.3, -0.25) is 4.79 Å². The number of ether oxygens (including phenoxy) is 2. The van der Waals surface area contributed by atoms with Gasteiger partial charge in [-0.05, 0) is 42.0 Å². The van der Waals surface area contributed by atoms with Gasteiger partial charge in [-0.2, -0.15) is 0 Å². The van der Waals surface area contributed by atoms with E-state index in [0.717, 1.165) is 23.3 Å². The lowest BCUT2D eigenvalue weighted by atomic mass is 9.96. The van der Waals surface area contributed by atoms with E-state index in [0.29, 0.717) is 24.7 Å². The summed E-state index contributed by atoms with van der Waals surface area (Å²) in [7, 11) is 0. The van der Waals surface area contributed by atoms with Crippen molar-refractivity contribution in [2.24, 2.45) is 5.92 Å². The van der Waals surface area contributed by atoms with Crippen molar-refractivity contribution in [3.05, 3.63) is 59.7 Å². The van der Waals surface area contributed by atoms with Crippen LogP contribution in [-0.2, 0) is 11.2 Å². The minimum Gasteiger partial charge on any atom is -0.492 e. The van der Waals surface area contributed by atoms with Crippen molar-refractivity contribution in [3.8, 4) is 11.5 Å². The third-order valence-corrected chi connectivity index (χ3v) is 4.49. The standard InChI is InChI=1S/C20H22O3/c1-3-14(2)17-9-5-7-11-19(17)23-20(21)16-12-15-8-4-6-10-18(15)22-13-16/h4-11,14,16H,3,12-13H2,1-2H3. The Kier molecular flexibility index (Phi) is 4.65. The fourth-order valence-electron chi connectivity index (χ4n) is 2.87. The van der Waals surface area contributed by atoms with E-state index in [-0.39, 0.29) is 11.9 Å². The third-order valence-electron chi connectivity index (χ3n) is 4.49. The summed E-state index contributed by atoms with van der Waals surface area (Å²) in [5.74, 6) is 1.44. The smallest absolute Gasteiger partial charge is 0.318 e. The fourth-order valence-corrected chi connectivity index (χ4v) is 2.87. The summed E-state index contributed by atoms with van der Waals surface area (Å²) in [5, 5.41) is 0. The number of esters is 1. The molecule has 1 aliphatic rings. The minimum atomic E-state index is -0.255. The molecule has 0 N–H and O–H groups in total. The molecule has 3 nitrogen and oxygen atoms in total. The maximum atomic E-state index is 12.5. The first-order valence-electron chi connectivity index (χ1n) is 8.20. The summed E-state index contributed by atoms with van der Waals surface area (Å²) in [5.41, 5.74) is 2.15. The lowest BCUT2D eigenvalue weighted by Gasteiger charge is -2.24. The molecular formula is C20H22O3. The first-order chi connectivity index (χ1) is 11.2. The van der Waals surface area contributed by atoms with Crippen LogP contribution in [0, 0.1) is 5.92 Å². The van der Waals surface area contributed by atoms with Crippen LogP contribution in [0.5, 0.6) is 11.5 Å². The van der Waals surface area contributed by atoms with Gasteiger partial charge in [-0.1, -0.05) is 50.2 Å². The van der Waals surface area contributed by atoms with Crippen LogP contribution < -0.4 is 9.47 Å². The van der Waals surface area contributed by atoms with E-state index in [1.807, 2.05) is 48.5 Å². The van der Waals surface area contributed by atoms with Gasteiger partial charge in [0.1, 0.15) is 18.1 Å². The molecular weight excluding hydrogens is 288 g/mol. The van der Waals surface area contributed by atoms with Gasteiger partial charge in [-0.25, -0.2) is 0 Å². The number of fused-ring (bicyclic) bond motifs is 1. The van der Waals surface area contributed by atoms with Crippen molar-refractivity contribution in [1.82, 2.24) is 0 Å². The van der Waals surface area contributed by atoms with Crippen molar-refractivity contribution in [2.75, 3.05) is 6.61 Å². The number of para-hydroxylation sites is 2. The van der Waals surface area contributed by atoms with E-state index < -0.39 is 0 Å². The molecule has 0 spiro atoms. The number of hydrogen-bond acceptors (Lipinski definition) is 3. The largest absolute Gasteiger partial charge is 0.492 e. The fraction of sp³-hybridized carbons (Fsp3) is 0.350. The topological polar surface area (TPSA) is 35.5 Å². The number of rotatable bonds is 4. The highest BCUT2D eigenvalue weighted by Gasteiger charge is 2.28. The molecule has 0 amide bonds. The molecule has 1 heterocycles. The van der Waals surface area contributed by atoms with Gasteiger partial charge in [0.05, 0.1) is 5.92 Å². The maximum absolute atomic E-state index is 12.5. The molecule has 3 rings (SSSR count). The Morgan fingerprint density at radius 3 is 2.78 bits per heavy atom. The lowest BCUT2D eigenvalue weighted by molar-refractivity contribution is -0.140. The van der Waals surface area contributed by atoms with E-state index in [1.165, 1.54) is 0 Å². The van der Waals surface area contributed by atoms with Crippen LogP contribution in [0.3, 0.4) is 0 Å². The summed E-state index contributed by atoms with van der Waals surface area (Å²) in [6, 6.07) is 15.6. The molecule has 2 unspecified atom stereocenters. The molecule has 3 heteroatoms. The average molecular weight is 310 g/mol. The molecule has 0 saturated heterocycles. The van der Waals surface area contributed by atoms with Crippen molar-refractivity contribution >= 4 is 5.97 Å². The van der Waals surface area contributed by atoms with E-state index >= 15 is 0 Å². The predicted molar refractivity (Wildman–Crippen MR) is 89.9 cm³/mol. The van der Waals surface area contributed by atoms with Crippen molar-refractivity contribution in [2.45, 2.75) is 32.6 Å². The van der Waals surface area contributed by atoms with Crippen molar-refractivity contribution < 1.29 is 14.3 Å². The Balaban J connectivity index is 1.74. The molecule has 2 aromatic carbocycles. The van der Waals surface area contributed by atoms with Crippen LogP contribution in [-0.4, -0.2) is 12.6 Å². The van der Waals surface area contributed by atoms with Gasteiger partial charge >= 0.3 is 5.97 Å². The highest BCUT2D eigenvalue weighted by molar-refractivity contribution is 5.76. The summed E-state index contributed by atoms with van der Waals surface area (Å²) >= 11 is 0. The number of benzene rings is 2. The van der Waals surface area contributed by atoms with E-state index in [4.69, 9.17) is 9.47 Å². The monoisotopic (exact) mass is 310 g/mol. The summed E-state index contributed by atoms with van der Waals surface area (Å²) in [4.78, 5) is 12.5. The second-order valence-corrected chi connectivity index (χ2v) is 6.09. The van der Waals surface area contributed by atoms with Gasteiger partial charge < -0.3 is 9.47 Å². The van der Waals surface area contributed by atoms with Crippen LogP contribution in [0.15, 0.2) is 48.5 Å². The Bertz CT molecular complexity index is 693. The SMILES string of the molecule is CCC(C)c1ccccc1OC(=O)C1COc2ccccc2C1. The van der Waals surface area contributed by atoms with Gasteiger partial charge in [0, 0.05) is 0 Å². The Morgan fingerprint density at radius 2 is 1.96 bits per heavy atom. The van der Waals surface area contributed by atoms with Gasteiger partial charge in [-0.15, -0.1) is 0 Å². The number of carbonyl (C=O) groups is 1. The van der Waals surface area contributed by atoms with E-state index in [9.17, 15) is 4.79 Å². The Labute approximate surface area is 137 Å². The molecule has 0 fully saturated rings. The van der Waals surface area contributed by atoms with E-state index in [2.05, 4.69) is 13.8 Å². The molecule has 23 heavy (non-hydrogen) atoms. The molecule has 2 atom stereocenters. The molecule has 0 bridgehead atoms. The zero-order chi connectivity index (χ0) is 16.2. The molecule has 0 aliphatic carbocycles. The van der Waals surface area contributed by atoms with Gasteiger partial charge in [0.25, 0.3) is 0 Å². The molecule has 0 aromatic heterocycles.